The first-order chi connectivity index (χ1) is 10.2. The summed E-state index contributed by atoms with van der Waals surface area (Å²) >= 11 is 0. The summed E-state index contributed by atoms with van der Waals surface area (Å²) in [4.78, 5) is 12.3. The lowest BCUT2D eigenvalue weighted by Crippen LogP contribution is -2.55. The fraction of sp³-hybridized carbons (Fsp3) is 0.800. The van der Waals surface area contributed by atoms with E-state index < -0.39 is 0 Å². The Bertz CT molecular complexity index is 486. The highest BCUT2D eigenvalue weighted by Crippen LogP contribution is 2.32. The molecule has 1 aromatic rings. The first-order valence-electron chi connectivity index (χ1n) is 8.10. The molecule has 2 aliphatic rings. The topological polar surface area (TPSA) is 71.8 Å². The van der Waals surface area contributed by atoms with Crippen LogP contribution in [0.2, 0.25) is 0 Å². The molecule has 0 bridgehead atoms. The number of carbonyl (C=O) groups excluding carboxylic acids is 1. The number of hydrogen-bond acceptors (Lipinski definition) is 4. The molecule has 2 N–H and O–H groups in total. The molecular weight excluding hydrogens is 266 g/mol. The molecule has 3 rings (SSSR count). The number of carbonyl (C=O) groups is 1. The maximum Gasteiger partial charge on any atom is 0.237 e. The van der Waals surface area contributed by atoms with Crippen LogP contribution in [0.1, 0.15) is 44.3 Å². The second kappa shape index (κ2) is 6.56. The summed E-state index contributed by atoms with van der Waals surface area (Å²) in [6.45, 7) is 0.623. The van der Waals surface area contributed by atoms with E-state index in [0.717, 1.165) is 24.6 Å². The summed E-state index contributed by atoms with van der Waals surface area (Å²) in [5, 5.41) is 14.5. The minimum atomic E-state index is -0.0103. The number of nitrogens with one attached hydrogen (secondary N) is 2. The number of nitrogens with zero attached hydrogens (tertiary/aromatic N) is 3. The van der Waals surface area contributed by atoms with Gasteiger partial charge in [0.1, 0.15) is 12.2 Å². The highest BCUT2D eigenvalue weighted by atomic mass is 16.2. The van der Waals surface area contributed by atoms with Crippen molar-refractivity contribution in [2.24, 2.45) is 13.0 Å². The van der Waals surface area contributed by atoms with Crippen LogP contribution in [-0.2, 0) is 18.3 Å². The van der Waals surface area contributed by atoms with Crippen molar-refractivity contribution in [2.45, 2.75) is 57.0 Å². The van der Waals surface area contributed by atoms with Crippen molar-refractivity contribution < 1.29 is 4.79 Å². The first-order valence-corrected chi connectivity index (χ1v) is 8.10. The Kier molecular flexibility index (Phi) is 4.53. The predicted octanol–water partition coefficient (Wildman–Crippen LogP) is 0.785. The van der Waals surface area contributed by atoms with Crippen molar-refractivity contribution in [1.82, 2.24) is 25.4 Å². The SMILES string of the molecule is Cn1cnnc1CCNC(=O)C1CCC2CCCCC2N1. The number of fused-ring (bicyclic) bond motifs is 1. The zero-order chi connectivity index (χ0) is 14.7. The smallest absolute Gasteiger partial charge is 0.237 e. The van der Waals surface area contributed by atoms with E-state index in [1.54, 1.807) is 6.33 Å². The van der Waals surface area contributed by atoms with Crippen LogP contribution in [0, 0.1) is 5.92 Å². The Balaban J connectivity index is 1.44. The molecule has 6 heteroatoms. The van der Waals surface area contributed by atoms with Gasteiger partial charge in [0.15, 0.2) is 0 Å². The Morgan fingerprint density at radius 2 is 2.24 bits per heavy atom. The largest absolute Gasteiger partial charge is 0.354 e. The van der Waals surface area contributed by atoms with Gasteiger partial charge < -0.3 is 15.2 Å². The van der Waals surface area contributed by atoms with Crippen molar-refractivity contribution in [3.63, 3.8) is 0 Å². The second-order valence-electron chi connectivity index (χ2n) is 6.35. The fourth-order valence-electron chi connectivity index (χ4n) is 3.66. The summed E-state index contributed by atoms with van der Waals surface area (Å²) in [7, 11) is 1.92. The minimum absolute atomic E-state index is 0.0103. The molecule has 1 aliphatic heterocycles. The third-order valence-corrected chi connectivity index (χ3v) is 4.92. The van der Waals surface area contributed by atoms with Crippen molar-refractivity contribution in [3.8, 4) is 0 Å². The molecule has 1 aromatic heterocycles. The summed E-state index contributed by atoms with van der Waals surface area (Å²) in [6.07, 6.45) is 9.79. The normalized spacial score (nSPS) is 28.9. The molecular formula is C15H25N5O. The van der Waals surface area contributed by atoms with E-state index in [1.807, 2.05) is 11.6 Å². The molecule has 3 unspecified atom stereocenters. The fourth-order valence-corrected chi connectivity index (χ4v) is 3.66. The number of rotatable bonds is 4. The maximum atomic E-state index is 12.3. The lowest BCUT2D eigenvalue weighted by atomic mass is 9.77. The first kappa shape index (κ1) is 14.5. The number of aryl methyl sites for hydroxylation is 1. The Labute approximate surface area is 125 Å². The van der Waals surface area contributed by atoms with E-state index in [4.69, 9.17) is 0 Å². The standard InChI is InChI=1S/C15H25N5O/c1-20-10-17-19-14(20)8-9-16-15(21)13-7-6-11-4-2-3-5-12(11)18-13/h10-13,18H,2-9H2,1H3,(H,16,21). The molecule has 1 aliphatic carbocycles. The lowest BCUT2D eigenvalue weighted by Gasteiger charge is -2.39. The van der Waals surface area contributed by atoms with Gasteiger partial charge in [0.25, 0.3) is 0 Å². The van der Waals surface area contributed by atoms with Crippen LogP contribution in [-0.4, -0.2) is 39.3 Å². The number of hydrogen-bond donors (Lipinski definition) is 2. The van der Waals surface area contributed by atoms with E-state index in [9.17, 15) is 4.79 Å². The van der Waals surface area contributed by atoms with Crippen LogP contribution in [0.3, 0.4) is 0 Å². The van der Waals surface area contributed by atoms with E-state index >= 15 is 0 Å². The van der Waals surface area contributed by atoms with Gasteiger partial charge in [0.05, 0.1) is 6.04 Å². The molecule has 1 amide bonds. The maximum absolute atomic E-state index is 12.3. The summed E-state index contributed by atoms with van der Waals surface area (Å²) in [5.41, 5.74) is 0. The highest BCUT2D eigenvalue weighted by molar-refractivity contribution is 5.81. The molecule has 1 saturated heterocycles. The summed E-state index contributed by atoms with van der Waals surface area (Å²) < 4.78 is 1.89. The highest BCUT2D eigenvalue weighted by Gasteiger charge is 2.34. The second-order valence-corrected chi connectivity index (χ2v) is 6.35. The molecule has 0 aromatic carbocycles. The van der Waals surface area contributed by atoms with Crippen molar-refractivity contribution in [2.75, 3.05) is 6.54 Å². The van der Waals surface area contributed by atoms with Gasteiger partial charge in [0, 0.05) is 26.1 Å². The molecule has 21 heavy (non-hydrogen) atoms. The molecule has 6 nitrogen and oxygen atoms in total. The van der Waals surface area contributed by atoms with Gasteiger partial charge in [-0.25, -0.2) is 0 Å². The Hall–Kier alpha value is -1.43. The van der Waals surface area contributed by atoms with Crippen LogP contribution in [0.5, 0.6) is 0 Å². The van der Waals surface area contributed by atoms with Crippen LogP contribution >= 0.6 is 0 Å². The third kappa shape index (κ3) is 3.43. The molecule has 3 atom stereocenters. The number of piperidine rings is 1. The van der Waals surface area contributed by atoms with Gasteiger partial charge in [-0.3, -0.25) is 4.79 Å². The van der Waals surface area contributed by atoms with Crippen LogP contribution in [0.25, 0.3) is 0 Å². The van der Waals surface area contributed by atoms with E-state index in [1.165, 1.54) is 32.1 Å². The predicted molar refractivity (Wildman–Crippen MR) is 79.6 cm³/mol. The average Bonchev–Trinajstić information content (AvgIpc) is 2.92. The van der Waals surface area contributed by atoms with Gasteiger partial charge >= 0.3 is 0 Å². The molecule has 0 spiro atoms. The van der Waals surface area contributed by atoms with E-state index in [0.29, 0.717) is 12.6 Å². The average molecular weight is 291 g/mol. The van der Waals surface area contributed by atoms with Crippen LogP contribution in [0.15, 0.2) is 6.33 Å². The number of amides is 1. The Morgan fingerprint density at radius 1 is 1.38 bits per heavy atom. The molecule has 1 saturated carbocycles. The molecule has 2 heterocycles. The number of aromatic nitrogens is 3. The third-order valence-electron chi connectivity index (χ3n) is 4.92. The van der Waals surface area contributed by atoms with Gasteiger partial charge in [-0.05, 0) is 31.6 Å². The summed E-state index contributed by atoms with van der Waals surface area (Å²) in [5.74, 6) is 1.84. The van der Waals surface area contributed by atoms with E-state index in [-0.39, 0.29) is 11.9 Å². The van der Waals surface area contributed by atoms with E-state index in [2.05, 4.69) is 20.8 Å². The Morgan fingerprint density at radius 3 is 3.05 bits per heavy atom. The van der Waals surface area contributed by atoms with Gasteiger partial charge in [-0.2, -0.15) is 0 Å². The van der Waals surface area contributed by atoms with Crippen LogP contribution in [0.4, 0.5) is 0 Å². The van der Waals surface area contributed by atoms with Crippen molar-refractivity contribution in [1.29, 1.82) is 0 Å². The zero-order valence-corrected chi connectivity index (χ0v) is 12.7. The summed E-state index contributed by atoms with van der Waals surface area (Å²) in [6, 6.07) is 0.547. The molecule has 2 fully saturated rings. The quantitative estimate of drug-likeness (QED) is 0.860. The molecule has 116 valence electrons. The zero-order valence-electron chi connectivity index (χ0n) is 12.7. The van der Waals surface area contributed by atoms with Gasteiger partial charge in [-0.15, -0.1) is 10.2 Å². The van der Waals surface area contributed by atoms with Crippen molar-refractivity contribution >= 4 is 5.91 Å². The monoisotopic (exact) mass is 291 g/mol. The van der Waals surface area contributed by atoms with Gasteiger partial charge in [-0.1, -0.05) is 12.8 Å². The lowest BCUT2D eigenvalue weighted by molar-refractivity contribution is -0.124. The van der Waals surface area contributed by atoms with Crippen LogP contribution < -0.4 is 10.6 Å². The van der Waals surface area contributed by atoms with Crippen molar-refractivity contribution in [3.05, 3.63) is 12.2 Å². The van der Waals surface area contributed by atoms with Gasteiger partial charge in [0.2, 0.25) is 5.91 Å². The minimum Gasteiger partial charge on any atom is -0.354 e. The molecule has 0 radical (unpaired) electrons.